The average molecular weight is 545 g/mol. The Morgan fingerprint density at radius 1 is 1.18 bits per heavy atom. The number of nitrogens with zero attached hydrogens (tertiary/aromatic N) is 6. The lowest BCUT2D eigenvalue weighted by atomic mass is 10.1. The van der Waals surface area contributed by atoms with E-state index in [0.29, 0.717) is 34.1 Å². The summed E-state index contributed by atoms with van der Waals surface area (Å²) in [5, 5.41) is 0.942. The van der Waals surface area contributed by atoms with E-state index in [-0.39, 0.29) is 23.2 Å². The average Bonchev–Trinajstić information content (AvgIpc) is 3.75. The minimum atomic E-state index is -0.439. The lowest BCUT2D eigenvalue weighted by molar-refractivity contribution is 0.250. The molecule has 9 heteroatoms. The molecule has 4 heterocycles. The molecule has 3 aromatic heterocycles. The minimum absolute atomic E-state index is 0.0943. The molecule has 0 spiro atoms. The van der Waals surface area contributed by atoms with Crippen molar-refractivity contribution in [3.8, 4) is 16.9 Å². The van der Waals surface area contributed by atoms with E-state index in [4.69, 9.17) is 16.6 Å². The quantitative estimate of drug-likeness (QED) is 0.298. The second-order valence-corrected chi connectivity index (χ2v) is 10.9. The number of halogens is 2. The van der Waals surface area contributed by atoms with Crippen molar-refractivity contribution in [3.63, 3.8) is 0 Å². The number of fused-ring (bicyclic) bond motifs is 1. The molecule has 200 valence electrons. The number of pyridine rings is 2. The van der Waals surface area contributed by atoms with E-state index in [0.717, 1.165) is 43.7 Å². The molecule has 1 aliphatic carbocycles. The third-order valence-corrected chi connectivity index (χ3v) is 7.93. The molecular weight excluding hydrogens is 515 g/mol. The molecule has 2 aliphatic rings. The predicted molar refractivity (Wildman–Crippen MR) is 153 cm³/mol. The third kappa shape index (κ3) is 4.61. The molecule has 0 N–H and O–H groups in total. The highest BCUT2D eigenvalue weighted by molar-refractivity contribution is 6.33. The van der Waals surface area contributed by atoms with Crippen LogP contribution in [-0.2, 0) is 0 Å². The number of aryl methyl sites for hydroxylation is 1. The van der Waals surface area contributed by atoms with Crippen molar-refractivity contribution in [2.24, 2.45) is 0 Å². The fourth-order valence-corrected chi connectivity index (χ4v) is 5.84. The molecule has 4 aromatic rings. The van der Waals surface area contributed by atoms with Crippen molar-refractivity contribution in [2.75, 3.05) is 31.1 Å². The van der Waals surface area contributed by atoms with Gasteiger partial charge in [0.2, 0.25) is 0 Å². The summed E-state index contributed by atoms with van der Waals surface area (Å²) in [5.74, 6) is 0.399. The Hall–Kier alpha value is -3.62. The van der Waals surface area contributed by atoms with Crippen molar-refractivity contribution in [2.45, 2.75) is 38.6 Å². The summed E-state index contributed by atoms with van der Waals surface area (Å²) >= 11 is 6.79. The SMILES string of the molecule is C=CCN1CCN(c2nc(=O)n(-c3c(C)ccnc3C3CC3)c3nc(-c4ccccc4F)c(Cl)cc23)[C@@H](C)C1. The maximum Gasteiger partial charge on any atom is 0.355 e. The van der Waals surface area contributed by atoms with Crippen LogP contribution in [0.15, 0.2) is 60.0 Å². The molecule has 0 bridgehead atoms. The van der Waals surface area contributed by atoms with Crippen molar-refractivity contribution in [3.05, 3.63) is 87.8 Å². The number of aromatic nitrogens is 4. The summed E-state index contributed by atoms with van der Waals surface area (Å²) < 4.78 is 16.5. The highest BCUT2D eigenvalue weighted by atomic mass is 35.5. The third-order valence-electron chi connectivity index (χ3n) is 7.64. The first-order valence-corrected chi connectivity index (χ1v) is 13.7. The second kappa shape index (κ2) is 10.2. The highest BCUT2D eigenvalue weighted by Gasteiger charge is 2.32. The van der Waals surface area contributed by atoms with E-state index >= 15 is 0 Å². The Kier molecular flexibility index (Phi) is 6.69. The molecule has 0 unspecified atom stereocenters. The van der Waals surface area contributed by atoms with Crippen LogP contribution in [0.5, 0.6) is 0 Å². The van der Waals surface area contributed by atoms with Gasteiger partial charge in [-0.1, -0.05) is 29.8 Å². The van der Waals surface area contributed by atoms with Crippen LogP contribution in [-0.4, -0.2) is 56.6 Å². The predicted octanol–water partition coefficient (Wildman–Crippen LogP) is 5.52. The van der Waals surface area contributed by atoms with Gasteiger partial charge in [-0.2, -0.15) is 4.98 Å². The fourth-order valence-electron chi connectivity index (χ4n) is 5.58. The number of benzene rings is 1. The van der Waals surface area contributed by atoms with Gasteiger partial charge in [0.05, 0.1) is 27.5 Å². The molecule has 39 heavy (non-hydrogen) atoms. The van der Waals surface area contributed by atoms with Gasteiger partial charge in [-0.15, -0.1) is 6.58 Å². The number of piperazine rings is 1. The molecule has 1 aliphatic heterocycles. The molecule has 0 amide bonds. The van der Waals surface area contributed by atoms with Gasteiger partial charge in [-0.05, 0) is 56.5 Å². The van der Waals surface area contributed by atoms with Crippen LogP contribution >= 0.6 is 11.6 Å². The van der Waals surface area contributed by atoms with Crippen LogP contribution in [0.3, 0.4) is 0 Å². The zero-order chi connectivity index (χ0) is 27.3. The molecule has 1 saturated heterocycles. The van der Waals surface area contributed by atoms with E-state index in [2.05, 4.69) is 33.3 Å². The Morgan fingerprint density at radius 3 is 2.69 bits per heavy atom. The lowest BCUT2D eigenvalue weighted by Crippen LogP contribution is -2.52. The molecule has 6 rings (SSSR count). The minimum Gasteiger partial charge on any atom is -0.351 e. The fraction of sp³-hybridized carbons (Fsp3) is 0.333. The Balaban J connectivity index is 1.63. The summed E-state index contributed by atoms with van der Waals surface area (Å²) in [6.45, 7) is 11.0. The highest BCUT2D eigenvalue weighted by Crippen LogP contribution is 2.43. The van der Waals surface area contributed by atoms with Crippen molar-refractivity contribution in [1.29, 1.82) is 0 Å². The Labute approximate surface area is 231 Å². The molecule has 2 fully saturated rings. The maximum atomic E-state index is 14.9. The van der Waals surface area contributed by atoms with Gasteiger partial charge in [0.1, 0.15) is 11.6 Å². The first-order valence-electron chi connectivity index (χ1n) is 13.3. The largest absolute Gasteiger partial charge is 0.355 e. The number of hydrogen-bond acceptors (Lipinski definition) is 6. The number of anilines is 1. The van der Waals surface area contributed by atoms with Crippen LogP contribution in [0.25, 0.3) is 28.0 Å². The van der Waals surface area contributed by atoms with Crippen molar-refractivity contribution < 1.29 is 4.39 Å². The standard InChI is InChI=1S/C30H30ClFN6O/c1-4-13-36-14-15-37(19(3)17-36)28-22-16-23(31)26(21-7-5-6-8-24(21)32)34-29(22)38(30(39)35-28)27-18(2)11-12-33-25(27)20-9-10-20/h4-8,11-12,16,19-20H,1,9-10,13-15,17H2,2-3H3/t19-/m0/s1. The summed E-state index contributed by atoms with van der Waals surface area (Å²) in [7, 11) is 0. The van der Waals surface area contributed by atoms with E-state index in [9.17, 15) is 9.18 Å². The second-order valence-electron chi connectivity index (χ2n) is 10.4. The van der Waals surface area contributed by atoms with Crippen molar-refractivity contribution in [1.82, 2.24) is 24.4 Å². The van der Waals surface area contributed by atoms with Gasteiger partial charge < -0.3 is 4.90 Å². The van der Waals surface area contributed by atoms with Crippen LogP contribution in [0.1, 0.15) is 36.9 Å². The molecule has 0 radical (unpaired) electrons. The van der Waals surface area contributed by atoms with Gasteiger partial charge in [0.25, 0.3) is 0 Å². The number of hydrogen-bond donors (Lipinski definition) is 0. The van der Waals surface area contributed by atoms with Gasteiger partial charge in [-0.25, -0.2) is 18.7 Å². The summed E-state index contributed by atoms with van der Waals surface area (Å²) in [5.41, 5.74) is 2.98. The van der Waals surface area contributed by atoms with Gasteiger partial charge in [0.15, 0.2) is 5.65 Å². The van der Waals surface area contributed by atoms with Crippen molar-refractivity contribution >= 4 is 28.5 Å². The van der Waals surface area contributed by atoms with Crippen LogP contribution < -0.4 is 10.6 Å². The van der Waals surface area contributed by atoms with Crippen LogP contribution in [0, 0.1) is 12.7 Å². The normalized spacial score (nSPS) is 18.1. The summed E-state index contributed by atoms with van der Waals surface area (Å²) in [6, 6.07) is 10.1. The van der Waals surface area contributed by atoms with Gasteiger partial charge in [0, 0.05) is 49.9 Å². The molecule has 7 nitrogen and oxygen atoms in total. The smallest absolute Gasteiger partial charge is 0.351 e. The summed E-state index contributed by atoms with van der Waals surface area (Å²) in [6.07, 6.45) is 5.72. The topological polar surface area (TPSA) is 67.2 Å². The maximum absolute atomic E-state index is 14.9. The zero-order valence-corrected chi connectivity index (χ0v) is 22.8. The van der Waals surface area contributed by atoms with E-state index < -0.39 is 11.5 Å². The van der Waals surface area contributed by atoms with Gasteiger partial charge in [-0.3, -0.25) is 9.88 Å². The van der Waals surface area contributed by atoms with E-state index in [1.807, 2.05) is 19.1 Å². The van der Waals surface area contributed by atoms with Crippen LogP contribution in [0.2, 0.25) is 5.02 Å². The monoisotopic (exact) mass is 544 g/mol. The van der Waals surface area contributed by atoms with Crippen LogP contribution in [0.4, 0.5) is 10.2 Å². The number of rotatable bonds is 6. The molecule has 1 saturated carbocycles. The summed E-state index contributed by atoms with van der Waals surface area (Å²) in [4.78, 5) is 32.6. The zero-order valence-electron chi connectivity index (χ0n) is 22.1. The Bertz CT molecular complexity index is 1650. The molecule has 1 atom stereocenters. The first-order chi connectivity index (χ1) is 18.9. The lowest BCUT2D eigenvalue weighted by Gasteiger charge is -2.40. The van der Waals surface area contributed by atoms with E-state index in [1.54, 1.807) is 35.0 Å². The van der Waals surface area contributed by atoms with E-state index in [1.165, 1.54) is 6.07 Å². The molecular formula is C30H30ClFN6O. The Morgan fingerprint density at radius 2 is 1.97 bits per heavy atom. The molecule has 1 aromatic carbocycles. The first kappa shape index (κ1) is 25.6. The van der Waals surface area contributed by atoms with Gasteiger partial charge >= 0.3 is 5.69 Å².